The molecule has 0 radical (unpaired) electrons. The number of aliphatic imine (C=N–C) groups is 1. The van der Waals surface area contributed by atoms with E-state index in [1.54, 1.807) is 19.1 Å². The normalized spacial score (nSPS) is 14.1. The molecule has 0 bridgehead atoms. The third-order valence-corrected chi connectivity index (χ3v) is 6.80. The molecule has 42 heavy (non-hydrogen) atoms. The van der Waals surface area contributed by atoms with E-state index in [-0.39, 0.29) is 24.9 Å². The molecule has 220 valence electrons. The second-order valence-corrected chi connectivity index (χ2v) is 9.85. The highest BCUT2D eigenvalue weighted by Gasteiger charge is 2.44. The smallest absolute Gasteiger partial charge is 0.430 e. The van der Waals surface area contributed by atoms with Gasteiger partial charge in [-0.1, -0.05) is 35.9 Å². The first-order chi connectivity index (χ1) is 20.0. The lowest BCUT2D eigenvalue weighted by atomic mass is 9.97. The highest BCUT2D eigenvalue weighted by molar-refractivity contribution is 6.16. The Bertz CT molecular complexity index is 1520. The number of nitrogens with zero attached hydrogens (tertiary/aromatic N) is 3. The van der Waals surface area contributed by atoms with Crippen LogP contribution in [0.1, 0.15) is 36.1 Å². The molecule has 1 N–H and O–H groups in total. The summed E-state index contributed by atoms with van der Waals surface area (Å²) in [5.41, 5.74) is 3.49. The molecule has 2 heterocycles. The van der Waals surface area contributed by atoms with Gasteiger partial charge >= 0.3 is 12.1 Å². The van der Waals surface area contributed by atoms with Crippen molar-refractivity contribution in [3.63, 3.8) is 0 Å². The van der Waals surface area contributed by atoms with Crippen molar-refractivity contribution in [3.8, 4) is 17.0 Å². The molecule has 2 aromatic carbocycles. The van der Waals surface area contributed by atoms with Crippen molar-refractivity contribution in [1.29, 1.82) is 5.41 Å². The Labute approximate surface area is 241 Å². The summed E-state index contributed by atoms with van der Waals surface area (Å²) in [4.78, 5) is 33.7. The SMILES string of the molecule is CCOC(=O)C(C=N)C(=Nc1cccc(-c2cc(C)ccc2OCc2ccc3c(c2)CCN(C(C)=O)C3)n1)C(F)(F)F. The van der Waals surface area contributed by atoms with Gasteiger partial charge in [-0.3, -0.25) is 9.59 Å². The van der Waals surface area contributed by atoms with Crippen LogP contribution < -0.4 is 4.74 Å². The molecular formula is C31H31F3N4O4. The Morgan fingerprint density at radius 2 is 1.93 bits per heavy atom. The number of benzene rings is 2. The number of ether oxygens (including phenoxy) is 2. The Kier molecular flexibility index (Phi) is 9.39. The van der Waals surface area contributed by atoms with Gasteiger partial charge < -0.3 is 19.8 Å². The van der Waals surface area contributed by atoms with Gasteiger partial charge in [0.1, 0.15) is 24.0 Å². The lowest BCUT2D eigenvalue weighted by Crippen LogP contribution is -2.37. The molecule has 8 nitrogen and oxygen atoms in total. The van der Waals surface area contributed by atoms with Gasteiger partial charge in [-0.15, -0.1) is 0 Å². The molecule has 1 aromatic heterocycles. The van der Waals surface area contributed by atoms with Gasteiger partial charge in [0.2, 0.25) is 5.91 Å². The van der Waals surface area contributed by atoms with Crippen LogP contribution in [0.15, 0.2) is 59.6 Å². The zero-order chi connectivity index (χ0) is 30.4. The van der Waals surface area contributed by atoms with E-state index in [2.05, 4.69) is 16.0 Å². The summed E-state index contributed by atoms with van der Waals surface area (Å²) in [6.45, 7) is 6.25. The largest absolute Gasteiger partial charge is 0.488 e. The van der Waals surface area contributed by atoms with Crippen LogP contribution in [0.4, 0.5) is 19.0 Å². The maximum atomic E-state index is 13.9. The minimum atomic E-state index is -5.00. The van der Waals surface area contributed by atoms with Crippen molar-refractivity contribution >= 4 is 29.6 Å². The molecule has 3 aromatic rings. The third-order valence-electron chi connectivity index (χ3n) is 6.80. The van der Waals surface area contributed by atoms with E-state index >= 15 is 0 Å². The summed E-state index contributed by atoms with van der Waals surface area (Å²) in [5.74, 6) is -2.98. The summed E-state index contributed by atoms with van der Waals surface area (Å²) in [6.07, 6.45) is -3.88. The number of halogens is 3. The lowest BCUT2D eigenvalue weighted by molar-refractivity contribution is -0.144. The maximum Gasteiger partial charge on any atom is 0.430 e. The topological polar surface area (TPSA) is 105 Å². The fourth-order valence-corrected chi connectivity index (χ4v) is 4.65. The zero-order valence-corrected chi connectivity index (χ0v) is 23.5. The molecule has 1 aliphatic heterocycles. The predicted octanol–water partition coefficient (Wildman–Crippen LogP) is 6.00. The molecular weight excluding hydrogens is 549 g/mol. The van der Waals surface area contributed by atoms with Crippen molar-refractivity contribution in [2.24, 2.45) is 10.9 Å². The number of rotatable bonds is 9. The van der Waals surface area contributed by atoms with E-state index in [4.69, 9.17) is 14.9 Å². The quantitative estimate of drug-likeness (QED) is 0.247. The van der Waals surface area contributed by atoms with Crippen LogP contribution in [-0.4, -0.2) is 53.0 Å². The van der Waals surface area contributed by atoms with Crippen LogP contribution in [0.25, 0.3) is 11.3 Å². The minimum Gasteiger partial charge on any atom is -0.488 e. The number of aryl methyl sites for hydroxylation is 1. The average molecular weight is 581 g/mol. The van der Waals surface area contributed by atoms with Gasteiger partial charge in [0.05, 0.1) is 12.3 Å². The number of hydrogen-bond donors (Lipinski definition) is 1. The lowest BCUT2D eigenvalue weighted by Gasteiger charge is -2.28. The average Bonchev–Trinajstić information content (AvgIpc) is 2.95. The van der Waals surface area contributed by atoms with Crippen molar-refractivity contribution in [3.05, 3.63) is 76.9 Å². The summed E-state index contributed by atoms with van der Waals surface area (Å²) in [6, 6.07) is 15.9. The Hall–Kier alpha value is -4.54. The first-order valence-electron chi connectivity index (χ1n) is 13.4. The molecule has 1 atom stereocenters. The van der Waals surface area contributed by atoms with Crippen LogP contribution in [-0.2, 0) is 33.9 Å². The second kappa shape index (κ2) is 13.0. The first kappa shape index (κ1) is 30.4. The number of amides is 1. The van der Waals surface area contributed by atoms with Crippen LogP contribution in [0.3, 0.4) is 0 Å². The van der Waals surface area contributed by atoms with E-state index < -0.39 is 23.8 Å². The predicted molar refractivity (Wildman–Crippen MR) is 152 cm³/mol. The molecule has 0 aliphatic carbocycles. The van der Waals surface area contributed by atoms with E-state index in [1.807, 2.05) is 36.1 Å². The molecule has 0 fully saturated rings. The summed E-state index contributed by atoms with van der Waals surface area (Å²) in [7, 11) is 0. The van der Waals surface area contributed by atoms with Gasteiger partial charge in [0, 0.05) is 31.8 Å². The van der Waals surface area contributed by atoms with Crippen molar-refractivity contribution in [1.82, 2.24) is 9.88 Å². The first-order valence-corrected chi connectivity index (χ1v) is 13.4. The van der Waals surface area contributed by atoms with Crippen LogP contribution in [0.2, 0.25) is 0 Å². The Balaban J connectivity index is 1.61. The number of pyridine rings is 1. The number of esters is 1. The number of carbonyl (C=O) groups excluding carboxylic acids is 2. The van der Waals surface area contributed by atoms with Crippen molar-refractivity contribution in [2.75, 3.05) is 13.2 Å². The zero-order valence-electron chi connectivity index (χ0n) is 23.5. The van der Waals surface area contributed by atoms with Gasteiger partial charge in [0.15, 0.2) is 5.82 Å². The van der Waals surface area contributed by atoms with Crippen molar-refractivity contribution < 1.29 is 32.2 Å². The van der Waals surface area contributed by atoms with Gasteiger partial charge in [0.25, 0.3) is 0 Å². The molecule has 0 saturated heterocycles. The van der Waals surface area contributed by atoms with E-state index in [0.717, 1.165) is 28.7 Å². The Morgan fingerprint density at radius 3 is 2.62 bits per heavy atom. The standard InChI is InChI=1S/C31H31F3N4O4/c1-4-41-30(40)25(16-35)29(31(32,33)34)37-28-7-5-6-26(36-28)24-14-19(2)8-11-27(24)42-18-21-9-10-23-17-38(20(3)39)13-12-22(23)15-21/h5-11,14-16,25,35H,4,12-13,17-18H2,1-3H3. The second-order valence-electron chi connectivity index (χ2n) is 9.85. The summed E-state index contributed by atoms with van der Waals surface area (Å²) >= 11 is 0. The molecule has 11 heteroatoms. The Morgan fingerprint density at radius 1 is 1.14 bits per heavy atom. The number of fused-ring (bicyclic) bond motifs is 1. The number of aromatic nitrogens is 1. The molecule has 1 aliphatic rings. The number of alkyl halides is 3. The number of carbonyl (C=O) groups is 2. The van der Waals surface area contributed by atoms with E-state index in [9.17, 15) is 22.8 Å². The maximum absolute atomic E-state index is 13.9. The van der Waals surface area contributed by atoms with Crippen LogP contribution in [0.5, 0.6) is 5.75 Å². The molecule has 4 rings (SSSR count). The highest BCUT2D eigenvalue weighted by atomic mass is 19.4. The highest BCUT2D eigenvalue weighted by Crippen LogP contribution is 2.33. The summed E-state index contributed by atoms with van der Waals surface area (Å²) in [5, 5.41) is 7.41. The van der Waals surface area contributed by atoms with Gasteiger partial charge in [-0.05, 0) is 61.2 Å². The molecule has 1 amide bonds. The van der Waals surface area contributed by atoms with Crippen LogP contribution in [0, 0.1) is 18.3 Å². The van der Waals surface area contributed by atoms with E-state index in [0.29, 0.717) is 36.3 Å². The molecule has 0 spiro atoms. The monoisotopic (exact) mass is 580 g/mol. The van der Waals surface area contributed by atoms with Crippen LogP contribution >= 0.6 is 0 Å². The fraction of sp³-hybridized carbons (Fsp3) is 0.323. The third kappa shape index (κ3) is 7.20. The van der Waals surface area contributed by atoms with E-state index in [1.165, 1.54) is 19.1 Å². The summed E-state index contributed by atoms with van der Waals surface area (Å²) < 4.78 is 52.6. The number of hydrogen-bond acceptors (Lipinski definition) is 7. The number of nitrogens with one attached hydrogen (secondary N) is 1. The fourth-order valence-electron chi connectivity index (χ4n) is 4.65. The van der Waals surface area contributed by atoms with Gasteiger partial charge in [-0.25, -0.2) is 9.98 Å². The molecule has 1 unspecified atom stereocenters. The molecule has 0 saturated carbocycles. The van der Waals surface area contributed by atoms with Crippen molar-refractivity contribution in [2.45, 2.75) is 46.5 Å². The minimum absolute atomic E-state index is 0.0477. The van der Waals surface area contributed by atoms with Gasteiger partial charge in [-0.2, -0.15) is 13.2 Å².